The third-order valence-electron chi connectivity index (χ3n) is 3.11. The maximum absolute atomic E-state index is 5.93. The molecule has 0 aliphatic heterocycles. The number of benzene rings is 1. The monoisotopic (exact) mass is 330 g/mol. The van der Waals surface area contributed by atoms with Gasteiger partial charge in [0, 0.05) is 17.5 Å². The van der Waals surface area contributed by atoms with Crippen LogP contribution < -0.4 is 4.74 Å². The number of halogens is 1. The quantitative estimate of drug-likeness (QED) is 0.744. The maximum Gasteiger partial charge on any atom is 0.223 e. The zero-order valence-electron chi connectivity index (χ0n) is 11.2. The highest BCUT2D eigenvalue weighted by Gasteiger charge is 2.27. The minimum absolute atomic E-state index is 0.501. The number of hydrogen-bond donors (Lipinski definition) is 0. The predicted molar refractivity (Wildman–Crippen MR) is 82.9 cm³/mol. The van der Waals surface area contributed by atoms with E-state index in [2.05, 4.69) is 25.9 Å². The summed E-state index contributed by atoms with van der Waals surface area (Å²) in [6.07, 6.45) is 6.36. The molecule has 3 rings (SSSR count). The molecule has 0 spiro atoms. The van der Waals surface area contributed by atoms with Gasteiger partial charge in [-0.2, -0.15) is 4.98 Å². The van der Waals surface area contributed by atoms with Gasteiger partial charge in [-0.1, -0.05) is 30.4 Å². The van der Waals surface area contributed by atoms with Gasteiger partial charge in [0.25, 0.3) is 0 Å². The number of para-hydroxylation sites is 1. The topological polar surface area (TPSA) is 35.0 Å². The number of ether oxygens (including phenoxy) is 1. The van der Waals surface area contributed by atoms with Crippen molar-refractivity contribution in [3.8, 4) is 11.6 Å². The van der Waals surface area contributed by atoms with Crippen LogP contribution in [-0.4, -0.2) is 9.97 Å². The van der Waals surface area contributed by atoms with Crippen molar-refractivity contribution < 1.29 is 4.74 Å². The van der Waals surface area contributed by atoms with E-state index in [1.165, 1.54) is 12.8 Å². The fraction of sp³-hybridized carbons (Fsp3) is 0.250. The van der Waals surface area contributed by atoms with E-state index in [0.717, 1.165) is 21.7 Å². The van der Waals surface area contributed by atoms with Crippen molar-refractivity contribution in [2.75, 3.05) is 0 Å². The number of nitrogens with zero attached hydrogens (tertiary/aromatic N) is 2. The van der Waals surface area contributed by atoms with E-state index >= 15 is 0 Å². The van der Waals surface area contributed by atoms with Gasteiger partial charge >= 0.3 is 0 Å². The van der Waals surface area contributed by atoms with E-state index in [0.29, 0.717) is 11.8 Å². The van der Waals surface area contributed by atoms with E-state index < -0.39 is 0 Å². The van der Waals surface area contributed by atoms with Gasteiger partial charge in [0.05, 0.1) is 0 Å². The van der Waals surface area contributed by atoms with Gasteiger partial charge in [-0.25, -0.2) is 4.98 Å². The van der Waals surface area contributed by atoms with Crippen molar-refractivity contribution in [1.82, 2.24) is 9.97 Å². The molecule has 1 heterocycles. The smallest absolute Gasteiger partial charge is 0.223 e. The van der Waals surface area contributed by atoms with Crippen molar-refractivity contribution in [3.05, 3.63) is 52.4 Å². The average Bonchev–Trinajstić information content (AvgIpc) is 3.25. The molecular formula is C16H15BrN2O. The molecule has 20 heavy (non-hydrogen) atoms. The second kappa shape index (κ2) is 5.75. The van der Waals surface area contributed by atoms with Crippen LogP contribution in [0.15, 0.2) is 41.0 Å². The second-order valence-corrected chi connectivity index (χ2v) is 5.61. The molecule has 0 atom stereocenters. The van der Waals surface area contributed by atoms with Crippen LogP contribution in [0.1, 0.15) is 37.1 Å². The van der Waals surface area contributed by atoms with E-state index in [1.54, 1.807) is 6.07 Å². The molecular weight excluding hydrogens is 316 g/mol. The summed E-state index contributed by atoms with van der Waals surface area (Å²) >= 11 is 3.43. The normalized spacial score (nSPS) is 14.7. The molecule has 1 fully saturated rings. The highest BCUT2D eigenvalue weighted by Crippen LogP contribution is 2.39. The fourth-order valence-corrected chi connectivity index (χ4v) is 2.37. The van der Waals surface area contributed by atoms with Crippen LogP contribution in [-0.2, 0) is 0 Å². The summed E-state index contributed by atoms with van der Waals surface area (Å²) in [5.41, 5.74) is 1.04. The first kappa shape index (κ1) is 13.3. The molecule has 1 aliphatic carbocycles. The minimum Gasteiger partial charge on any atom is -0.438 e. The van der Waals surface area contributed by atoms with Crippen molar-refractivity contribution in [3.63, 3.8) is 0 Å². The highest BCUT2D eigenvalue weighted by atomic mass is 79.9. The Morgan fingerprint density at radius 1 is 1.25 bits per heavy atom. The van der Waals surface area contributed by atoms with Crippen LogP contribution in [0.4, 0.5) is 0 Å². The highest BCUT2D eigenvalue weighted by molar-refractivity contribution is 9.10. The number of allylic oxidation sites excluding steroid dienone is 1. The van der Waals surface area contributed by atoms with Crippen molar-refractivity contribution in [2.24, 2.45) is 0 Å². The molecule has 102 valence electrons. The lowest BCUT2D eigenvalue weighted by Gasteiger charge is -2.09. The number of rotatable bonds is 4. The standard InChI is InChI=1S/C16H15BrN2O/c1-2-5-11-6-3-4-7-13(11)20-15-10-14(17)18-16(19-15)12-8-9-12/h2-7,10,12H,8-9H2,1H3/b5-2+. The lowest BCUT2D eigenvalue weighted by Crippen LogP contribution is -1.97. The molecule has 1 aromatic heterocycles. The van der Waals surface area contributed by atoms with Crippen molar-refractivity contribution in [1.29, 1.82) is 0 Å². The fourth-order valence-electron chi connectivity index (χ4n) is 1.99. The van der Waals surface area contributed by atoms with E-state index in [-0.39, 0.29) is 0 Å². The summed E-state index contributed by atoms with van der Waals surface area (Å²) in [5, 5.41) is 0. The Morgan fingerprint density at radius 3 is 2.80 bits per heavy atom. The van der Waals surface area contributed by atoms with Gasteiger partial charge in [0.2, 0.25) is 5.88 Å². The van der Waals surface area contributed by atoms with Crippen LogP contribution in [0.5, 0.6) is 11.6 Å². The summed E-state index contributed by atoms with van der Waals surface area (Å²) in [5.74, 6) is 2.77. The molecule has 4 heteroatoms. The number of aromatic nitrogens is 2. The first-order valence-electron chi connectivity index (χ1n) is 6.70. The molecule has 0 amide bonds. The van der Waals surface area contributed by atoms with Crippen LogP contribution in [0, 0.1) is 0 Å². The molecule has 0 bridgehead atoms. The van der Waals surface area contributed by atoms with Crippen LogP contribution >= 0.6 is 15.9 Å². The summed E-state index contributed by atoms with van der Waals surface area (Å²) < 4.78 is 6.70. The van der Waals surface area contributed by atoms with Crippen LogP contribution in [0.25, 0.3) is 6.08 Å². The Kier molecular flexibility index (Phi) is 3.83. The summed E-state index contributed by atoms with van der Waals surface area (Å²) in [7, 11) is 0. The SMILES string of the molecule is C/C=C/c1ccccc1Oc1cc(Br)nc(C2CC2)n1. The van der Waals surface area contributed by atoms with Crippen LogP contribution in [0.3, 0.4) is 0 Å². The molecule has 0 unspecified atom stereocenters. The lowest BCUT2D eigenvalue weighted by molar-refractivity contribution is 0.457. The first-order chi connectivity index (χ1) is 9.76. The summed E-state index contributed by atoms with van der Waals surface area (Å²) in [6, 6.07) is 9.72. The summed E-state index contributed by atoms with van der Waals surface area (Å²) in [6.45, 7) is 1.99. The third kappa shape index (κ3) is 3.07. The zero-order valence-corrected chi connectivity index (χ0v) is 12.8. The average molecular weight is 331 g/mol. The van der Waals surface area contributed by atoms with Crippen molar-refractivity contribution in [2.45, 2.75) is 25.7 Å². The Labute approximate surface area is 126 Å². The van der Waals surface area contributed by atoms with Crippen LogP contribution in [0.2, 0.25) is 0 Å². The Bertz CT molecular complexity index is 651. The van der Waals surface area contributed by atoms with E-state index in [1.807, 2.05) is 43.3 Å². The van der Waals surface area contributed by atoms with Gasteiger partial charge in [-0.05, 0) is 41.8 Å². The largest absolute Gasteiger partial charge is 0.438 e. The predicted octanol–water partition coefficient (Wildman–Crippen LogP) is 4.94. The van der Waals surface area contributed by atoms with E-state index in [9.17, 15) is 0 Å². The molecule has 2 aromatic rings. The minimum atomic E-state index is 0.501. The van der Waals surface area contributed by atoms with Crippen molar-refractivity contribution >= 4 is 22.0 Å². The maximum atomic E-state index is 5.93. The molecule has 3 nitrogen and oxygen atoms in total. The molecule has 0 N–H and O–H groups in total. The summed E-state index contributed by atoms with van der Waals surface area (Å²) in [4.78, 5) is 8.91. The second-order valence-electron chi connectivity index (χ2n) is 4.80. The molecule has 0 saturated heterocycles. The number of hydrogen-bond acceptors (Lipinski definition) is 3. The van der Waals surface area contributed by atoms with Gasteiger partial charge in [-0.3, -0.25) is 0 Å². The molecule has 1 saturated carbocycles. The molecule has 0 radical (unpaired) electrons. The Balaban J connectivity index is 1.91. The van der Waals surface area contributed by atoms with Gasteiger partial charge in [-0.15, -0.1) is 0 Å². The van der Waals surface area contributed by atoms with E-state index in [4.69, 9.17) is 4.74 Å². The van der Waals surface area contributed by atoms with Gasteiger partial charge < -0.3 is 4.74 Å². The Hall–Kier alpha value is -1.68. The molecule has 1 aromatic carbocycles. The van der Waals surface area contributed by atoms with Gasteiger partial charge in [0.15, 0.2) is 0 Å². The first-order valence-corrected chi connectivity index (χ1v) is 7.49. The van der Waals surface area contributed by atoms with Gasteiger partial charge in [0.1, 0.15) is 16.2 Å². The zero-order chi connectivity index (χ0) is 13.9. The third-order valence-corrected chi connectivity index (χ3v) is 3.52. The molecule has 1 aliphatic rings. The lowest BCUT2D eigenvalue weighted by atomic mass is 10.2. The Morgan fingerprint density at radius 2 is 2.05 bits per heavy atom.